The molecule has 0 saturated carbocycles. The highest BCUT2D eigenvalue weighted by Gasteiger charge is 2.29. The first kappa shape index (κ1) is 13.8. The van der Waals surface area contributed by atoms with Gasteiger partial charge in [0.15, 0.2) is 0 Å². The summed E-state index contributed by atoms with van der Waals surface area (Å²) >= 11 is 0. The lowest BCUT2D eigenvalue weighted by molar-refractivity contribution is -0.151. The Kier molecular flexibility index (Phi) is 4.34. The maximum Gasteiger partial charge on any atom is 0.313 e. The Morgan fingerprint density at radius 1 is 1.59 bits per heavy atom. The summed E-state index contributed by atoms with van der Waals surface area (Å²) in [6.45, 7) is 6.40. The largest absolute Gasteiger partial charge is 0.469 e. The first-order chi connectivity index (χ1) is 7.90. The Morgan fingerprint density at radius 2 is 2.24 bits per heavy atom. The van der Waals surface area contributed by atoms with E-state index in [1.807, 2.05) is 36.9 Å². The maximum absolute atomic E-state index is 11.6. The van der Waals surface area contributed by atoms with Crippen LogP contribution in [-0.2, 0) is 16.1 Å². The van der Waals surface area contributed by atoms with E-state index in [1.165, 1.54) is 7.11 Å². The van der Waals surface area contributed by atoms with E-state index in [1.54, 1.807) is 0 Å². The highest BCUT2D eigenvalue weighted by molar-refractivity contribution is 5.75. The molecule has 0 aliphatic carbocycles. The van der Waals surface area contributed by atoms with E-state index in [4.69, 9.17) is 10.5 Å². The summed E-state index contributed by atoms with van der Waals surface area (Å²) in [4.78, 5) is 11.6. The zero-order valence-corrected chi connectivity index (χ0v) is 11.1. The molecule has 1 aromatic heterocycles. The molecule has 0 bridgehead atoms. The van der Waals surface area contributed by atoms with Gasteiger partial charge in [0.1, 0.15) is 0 Å². The van der Waals surface area contributed by atoms with Gasteiger partial charge in [-0.1, -0.05) is 6.92 Å². The second-order valence-corrected chi connectivity index (χ2v) is 5.01. The lowest BCUT2D eigenvalue weighted by atomic mass is 9.94. The number of methoxy groups -OCH3 is 1. The molecule has 0 aromatic carbocycles. The second kappa shape index (κ2) is 5.36. The lowest BCUT2D eigenvalue weighted by Gasteiger charge is -2.22. The molecule has 96 valence electrons. The van der Waals surface area contributed by atoms with Crippen LogP contribution in [0.3, 0.4) is 0 Å². The third-order valence-electron chi connectivity index (χ3n) is 2.96. The summed E-state index contributed by atoms with van der Waals surface area (Å²) in [7, 11) is 1.41. The van der Waals surface area contributed by atoms with Gasteiger partial charge in [-0.05, 0) is 31.9 Å². The molecule has 4 nitrogen and oxygen atoms in total. The predicted octanol–water partition coefficient (Wildman–Crippen LogP) is 2.10. The minimum atomic E-state index is -0.526. The molecule has 0 radical (unpaired) electrons. The number of ether oxygens (including phenoxy) is 1. The topological polar surface area (TPSA) is 57.2 Å². The van der Waals surface area contributed by atoms with Crippen LogP contribution < -0.4 is 5.73 Å². The summed E-state index contributed by atoms with van der Waals surface area (Å²) in [5.41, 5.74) is 6.53. The number of rotatable bonds is 5. The Bertz CT molecular complexity index is 383. The first-order valence-corrected chi connectivity index (χ1v) is 5.90. The molecule has 2 N–H and O–H groups in total. The van der Waals surface area contributed by atoms with Crippen molar-refractivity contribution in [2.45, 2.75) is 39.8 Å². The SMILES string of the molecule is CCC(N)c1ccn(CC(C)(C)C(=O)OC)c1. The van der Waals surface area contributed by atoms with Crippen LogP contribution in [0.4, 0.5) is 0 Å². The van der Waals surface area contributed by atoms with Crippen LogP contribution in [-0.4, -0.2) is 17.6 Å². The smallest absolute Gasteiger partial charge is 0.313 e. The Balaban J connectivity index is 2.75. The number of carbonyl (C=O) groups is 1. The Labute approximate surface area is 103 Å². The lowest BCUT2D eigenvalue weighted by Crippen LogP contribution is -2.30. The van der Waals surface area contributed by atoms with Gasteiger partial charge in [0.2, 0.25) is 0 Å². The number of carbonyl (C=O) groups excluding carboxylic acids is 1. The zero-order chi connectivity index (χ0) is 13.1. The fourth-order valence-corrected chi connectivity index (χ4v) is 1.81. The quantitative estimate of drug-likeness (QED) is 0.799. The average Bonchev–Trinajstić information content (AvgIpc) is 2.74. The minimum absolute atomic E-state index is 0.0671. The highest BCUT2D eigenvalue weighted by atomic mass is 16.5. The number of aromatic nitrogens is 1. The van der Waals surface area contributed by atoms with Crippen molar-refractivity contribution >= 4 is 5.97 Å². The van der Waals surface area contributed by atoms with Gasteiger partial charge in [-0.3, -0.25) is 4.79 Å². The van der Waals surface area contributed by atoms with Crippen molar-refractivity contribution in [1.29, 1.82) is 0 Å². The molecule has 1 atom stereocenters. The number of hydrogen-bond acceptors (Lipinski definition) is 3. The van der Waals surface area contributed by atoms with E-state index in [-0.39, 0.29) is 12.0 Å². The van der Waals surface area contributed by atoms with Crippen molar-refractivity contribution in [2.75, 3.05) is 7.11 Å². The van der Waals surface area contributed by atoms with Gasteiger partial charge in [0.05, 0.1) is 12.5 Å². The standard InChI is InChI=1S/C13H22N2O2/c1-5-11(14)10-6-7-15(8-10)9-13(2,3)12(16)17-4/h6-8,11H,5,9,14H2,1-4H3. The Morgan fingerprint density at radius 3 is 2.76 bits per heavy atom. The van der Waals surface area contributed by atoms with Crippen LogP contribution in [0.1, 0.15) is 38.8 Å². The van der Waals surface area contributed by atoms with Crippen LogP contribution >= 0.6 is 0 Å². The third kappa shape index (κ3) is 3.33. The molecule has 0 aliphatic rings. The molecule has 0 fully saturated rings. The summed E-state index contributed by atoms with van der Waals surface area (Å²) in [6.07, 6.45) is 4.86. The molecule has 0 spiro atoms. The normalized spacial score (nSPS) is 13.5. The Hall–Kier alpha value is -1.29. The van der Waals surface area contributed by atoms with Crippen molar-refractivity contribution in [2.24, 2.45) is 11.1 Å². The van der Waals surface area contributed by atoms with Crippen molar-refractivity contribution in [3.63, 3.8) is 0 Å². The van der Waals surface area contributed by atoms with Gasteiger partial charge in [0.25, 0.3) is 0 Å². The molecule has 1 heterocycles. The van der Waals surface area contributed by atoms with Crippen molar-refractivity contribution in [1.82, 2.24) is 4.57 Å². The van der Waals surface area contributed by atoms with E-state index >= 15 is 0 Å². The summed E-state index contributed by atoms with van der Waals surface area (Å²) in [5, 5.41) is 0. The summed E-state index contributed by atoms with van der Waals surface area (Å²) < 4.78 is 6.77. The van der Waals surface area contributed by atoms with Crippen LogP contribution in [0, 0.1) is 5.41 Å². The molecular weight excluding hydrogens is 216 g/mol. The fourth-order valence-electron chi connectivity index (χ4n) is 1.81. The van der Waals surface area contributed by atoms with E-state index in [0.717, 1.165) is 12.0 Å². The van der Waals surface area contributed by atoms with Gasteiger partial charge in [-0.2, -0.15) is 0 Å². The first-order valence-electron chi connectivity index (χ1n) is 5.90. The highest BCUT2D eigenvalue weighted by Crippen LogP contribution is 2.22. The van der Waals surface area contributed by atoms with E-state index < -0.39 is 5.41 Å². The van der Waals surface area contributed by atoms with Crippen molar-refractivity contribution in [3.05, 3.63) is 24.0 Å². The van der Waals surface area contributed by atoms with Crippen LogP contribution in [0.2, 0.25) is 0 Å². The fraction of sp³-hybridized carbons (Fsp3) is 0.615. The average molecular weight is 238 g/mol. The number of nitrogens with zero attached hydrogens (tertiary/aromatic N) is 1. The molecule has 1 aromatic rings. The third-order valence-corrected chi connectivity index (χ3v) is 2.96. The van der Waals surface area contributed by atoms with E-state index in [9.17, 15) is 4.79 Å². The minimum Gasteiger partial charge on any atom is -0.469 e. The van der Waals surface area contributed by atoms with E-state index in [0.29, 0.717) is 6.54 Å². The zero-order valence-electron chi connectivity index (χ0n) is 11.1. The monoisotopic (exact) mass is 238 g/mol. The van der Waals surface area contributed by atoms with Crippen LogP contribution in [0.25, 0.3) is 0 Å². The van der Waals surface area contributed by atoms with Gasteiger partial charge < -0.3 is 15.0 Å². The van der Waals surface area contributed by atoms with Gasteiger partial charge in [-0.15, -0.1) is 0 Å². The van der Waals surface area contributed by atoms with Crippen LogP contribution in [0.15, 0.2) is 18.5 Å². The van der Waals surface area contributed by atoms with Gasteiger partial charge in [0, 0.05) is 25.0 Å². The second-order valence-electron chi connectivity index (χ2n) is 5.01. The number of esters is 1. The number of nitrogens with two attached hydrogens (primary N) is 1. The molecule has 1 unspecified atom stereocenters. The molecule has 4 heteroatoms. The van der Waals surface area contributed by atoms with Crippen molar-refractivity contribution < 1.29 is 9.53 Å². The van der Waals surface area contributed by atoms with Crippen LogP contribution in [0.5, 0.6) is 0 Å². The molecular formula is C13H22N2O2. The molecule has 1 rings (SSSR count). The van der Waals surface area contributed by atoms with Gasteiger partial charge in [-0.25, -0.2) is 0 Å². The van der Waals surface area contributed by atoms with Crippen molar-refractivity contribution in [3.8, 4) is 0 Å². The molecule has 0 amide bonds. The maximum atomic E-state index is 11.6. The summed E-state index contributed by atoms with van der Waals surface area (Å²) in [6, 6.07) is 2.07. The van der Waals surface area contributed by atoms with Gasteiger partial charge >= 0.3 is 5.97 Å². The molecule has 0 saturated heterocycles. The predicted molar refractivity (Wildman–Crippen MR) is 67.4 cm³/mol. The summed E-state index contributed by atoms with van der Waals surface area (Å²) in [5.74, 6) is -0.201. The number of hydrogen-bond donors (Lipinski definition) is 1. The van der Waals surface area contributed by atoms with E-state index in [2.05, 4.69) is 6.92 Å². The molecule has 17 heavy (non-hydrogen) atoms. The molecule has 0 aliphatic heterocycles.